The van der Waals surface area contributed by atoms with Gasteiger partial charge in [-0.3, -0.25) is 9.69 Å². The molecule has 94 valence electrons. The number of carbonyl (C=O) groups excluding carboxylic acids is 1. The van der Waals surface area contributed by atoms with E-state index in [1.807, 2.05) is 6.92 Å². The van der Waals surface area contributed by atoms with E-state index in [4.69, 9.17) is 0 Å². The molecule has 1 saturated heterocycles. The third kappa shape index (κ3) is 2.35. The molecule has 0 unspecified atom stereocenters. The average Bonchev–Trinajstić information content (AvgIpc) is 2.63. The van der Waals surface area contributed by atoms with E-state index >= 15 is 0 Å². The summed E-state index contributed by atoms with van der Waals surface area (Å²) in [5.41, 5.74) is 0.996. The van der Waals surface area contributed by atoms with Crippen LogP contribution in [0.5, 0.6) is 0 Å². The predicted octanol–water partition coefficient (Wildman–Crippen LogP) is 1.79. The van der Waals surface area contributed by atoms with Gasteiger partial charge in [-0.15, -0.1) is 0 Å². The summed E-state index contributed by atoms with van der Waals surface area (Å²) in [6, 6.07) is 0. The smallest absolute Gasteiger partial charge is 0.186 e. The Labute approximate surface area is 106 Å². The van der Waals surface area contributed by atoms with Gasteiger partial charge < -0.3 is 4.90 Å². The Morgan fingerprint density at radius 2 is 2.12 bits per heavy atom. The van der Waals surface area contributed by atoms with Gasteiger partial charge in [0.15, 0.2) is 11.4 Å². The molecule has 0 aliphatic carbocycles. The highest BCUT2D eigenvalue weighted by molar-refractivity contribution is 7.17. The molecule has 0 amide bonds. The van der Waals surface area contributed by atoms with Gasteiger partial charge in [-0.2, -0.15) is 0 Å². The molecule has 2 rings (SSSR count). The molecular formula is C12H19N3OS. The van der Waals surface area contributed by atoms with E-state index in [0.29, 0.717) is 0 Å². The van der Waals surface area contributed by atoms with Gasteiger partial charge >= 0.3 is 0 Å². The zero-order valence-corrected chi connectivity index (χ0v) is 11.7. The number of aryl methyl sites for hydroxylation is 1. The van der Waals surface area contributed by atoms with Gasteiger partial charge in [-0.1, -0.05) is 11.3 Å². The van der Waals surface area contributed by atoms with Crippen molar-refractivity contribution < 1.29 is 4.79 Å². The fraction of sp³-hybridized carbons (Fsp3) is 0.667. The lowest BCUT2D eigenvalue weighted by Crippen LogP contribution is -2.57. The topological polar surface area (TPSA) is 36.4 Å². The summed E-state index contributed by atoms with van der Waals surface area (Å²) < 4.78 is 0. The van der Waals surface area contributed by atoms with Crippen molar-refractivity contribution in [3.63, 3.8) is 0 Å². The maximum Gasteiger partial charge on any atom is 0.186 e. The zero-order valence-electron chi connectivity index (χ0n) is 10.9. The van der Waals surface area contributed by atoms with E-state index < -0.39 is 0 Å². The largest absolute Gasteiger partial charge is 0.345 e. The van der Waals surface area contributed by atoms with Crippen LogP contribution >= 0.6 is 11.3 Å². The minimum Gasteiger partial charge on any atom is -0.345 e. The van der Waals surface area contributed by atoms with Crippen LogP contribution in [0.3, 0.4) is 0 Å². The molecule has 0 bridgehead atoms. The van der Waals surface area contributed by atoms with Crippen LogP contribution in [0.2, 0.25) is 0 Å². The van der Waals surface area contributed by atoms with Crippen LogP contribution in [0, 0.1) is 6.92 Å². The lowest BCUT2D eigenvalue weighted by Gasteiger charge is -2.45. The SMILES string of the molecule is Cc1nc(N2CCN(C)C(C)(C)C2)sc1C=O. The number of thiazole rings is 1. The van der Waals surface area contributed by atoms with Gasteiger partial charge in [0.25, 0.3) is 0 Å². The molecule has 1 aromatic heterocycles. The standard InChI is InChI=1S/C12H19N3OS/c1-9-10(7-16)17-11(13-9)15-6-5-14(4)12(2,3)8-15/h7H,5-6,8H2,1-4H3. The second-order valence-corrected chi connectivity index (χ2v) is 6.23. The number of anilines is 1. The minimum atomic E-state index is 0.152. The van der Waals surface area contributed by atoms with E-state index in [9.17, 15) is 4.79 Å². The van der Waals surface area contributed by atoms with Gasteiger partial charge in [0.05, 0.1) is 10.6 Å². The van der Waals surface area contributed by atoms with Gasteiger partial charge in [-0.05, 0) is 27.8 Å². The first kappa shape index (κ1) is 12.5. The number of likely N-dealkylation sites (N-methyl/N-ethyl adjacent to an activating group) is 1. The Morgan fingerprint density at radius 3 is 2.65 bits per heavy atom. The molecule has 0 N–H and O–H groups in total. The first-order valence-electron chi connectivity index (χ1n) is 5.83. The predicted molar refractivity (Wildman–Crippen MR) is 71.2 cm³/mol. The van der Waals surface area contributed by atoms with Crippen molar-refractivity contribution >= 4 is 22.8 Å². The van der Waals surface area contributed by atoms with Gasteiger partial charge in [0.1, 0.15) is 0 Å². The summed E-state index contributed by atoms with van der Waals surface area (Å²) in [4.78, 5) is 20.7. The van der Waals surface area contributed by atoms with Crippen LogP contribution in [0.25, 0.3) is 0 Å². The van der Waals surface area contributed by atoms with Crippen LogP contribution in [-0.2, 0) is 0 Å². The molecule has 2 heterocycles. The van der Waals surface area contributed by atoms with E-state index in [-0.39, 0.29) is 5.54 Å². The molecule has 17 heavy (non-hydrogen) atoms. The van der Waals surface area contributed by atoms with Crippen LogP contribution in [0.15, 0.2) is 0 Å². The quantitative estimate of drug-likeness (QED) is 0.753. The van der Waals surface area contributed by atoms with Crippen molar-refractivity contribution in [2.45, 2.75) is 26.3 Å². The van der Waals surface area contributed by atoms with E-state index in [1.165, 1.54) is 11.3 Å². The molecule has 4 nitrogen and oxygen atoms in total. The summed E-state index contributed by atoms with van der Waals surface area (Å²) in [7, 11) is 2.15. The monoisotopic (exact) mass is 253 g/mol. The molecular weight excluding hydrogens is 234 g/mol. The van der Waals surface area contributed by atoms with Crippen LogP contribution in [0.1, 0.15) is 29.2 Å². The Kier molecular flexibility index (Phi) is 3.23. The number of piperazine rings is 1. The van der Waals surface area contributed by atoms with Gasteiger partial charge in [-0.25, -0.2) is 4.98 Å². The maximum absolute atomic E-state index is 10.8. The maximum atomic E-state index is 10.8. The molecule has 1 aromatic rings. The molecule has 0 atom stereocenters. The summed E-state index contributed by atoms with van der Waals surface area (Å²) in [6.45, 7) is 9.33. The summed E-state index contributed by atoms with van der Waals surface area (Å²) >= 11 is 1.50. The van der Waals surface area contributed by atoms with E-state index in [1.54, 1.807) is 0 Å². The highest BCUT2D eigenvalue weighted by atomic mass is 32.1. The van der Waals surface area contributed by atoms with Gasteiger partial charge in [0.2, 0.25) is 0 Å². The van der Waals surface area contributed by atoms with Crippen LogP contribution in [0.4, 0.5) is 5.13 Å². The number of rotatable bonds is 2. The first-order valence-corrected chi connectivity index (χ1v) is 6.64. The van der Waals surface area contributed by atoms with Crippen molar-refractivity contribution in [1.82, 2.24) is 9.88 Å². The Hall–Kier alpha value is -0.940. The molecule has 0 aromatic carbocycles. The molecule has 0 spiro atoms. The molecule has 1 aliphatic heterocycles. The lowest BCUT2D eigenvalue weighted by atomic mass is 10.0. The van der Waals surface area contributed by atoms with Crippen LogP contribution < -0.4 is 4.90 Å². The number of carbonyl (C=O) groups is 1. The molecule has 0 radical (unpaired) electrons. The van der Waals surface area contributed by atoms with Crippen molar-refractivity contribution in [2.75, 3.05) is 31.6 Å². The van der Waals surface area contributed by atoms with Crippen molar-refractivity contribution in [3.8, 4) is 0 Å². The summed E-state index contributed by atoms with van der Waals surface area (Å²) in [5.74, 6) is 0. The van der Waals surface area contributed by atoms with Crippen molar-refractivity contribution in [1.29, 1.82) is 0 Å². The zero-order chi connectivity index (χ0) is 12.6. The number of hydrogen-bond acceptors (Lipinski definition) is 5. The molecule has 1 fully saturated rings. The molecule has 5 heteroatoms. The van der Waals surface area contributed by atoms with Crippen molar-refractivity contribution in [2.24, 2.45) is 0 Å². The van der Waals surface area contributed by atoms with Gasteiger partial charge in [0, 0.05) is 25.2 Å². The highest BCUT2D eigenvalue weighted by Gasteiger charge is 2.32. The number of aromatic nitrogens is 1. The number of hydrogen-bond donors (Lipinski definition) is 0. The van der Waals surface area contributed by atoms with Crippen LogP contribution in [-0.4, -0.2) is 48.4 Å². The van der Waals surface area contributed by atoms with E-state index in [0.717, 1.165) is 41.6 Å². The average molecular weight is 253 g/mol. The Morgan fingerprint density at radius 1 is 1.41 bits per heavy atom. The molecule has 1 aliphatic rings. The fourth-order valence-electron chi connectivity index (χ4n) is 2.04. The highest BCUT2D eigenvalue weighted by Crippen LogP contribution is 2.29. The number of aldehydes is 1. The summed E-state index contributed by atoms with van der Waals surface area (Å²) in [5, 5.41) is 0.978. The second-order valence-electron chi connectivity index (χ2n) is 5.22. The fourth-order valence-corrected chi connectivity index (χ4v) is 2.95. The summed E-state index contributed by atoms with van der Waals surface area (Å²) in [6.07, 6.45) is 0.901. The number of nitrogens with zero attached hydrogens (tertiary/aromatic N) is 3. The Bertz CT molecular complexity index is 427. The molecule has 0 saturated carbocycles. The lowest BCUT2D eigenvalue weighted by molar-refractivity contribution is 0.112. The Balaban J connectivity index is 2.20. The van der Waals surface area contributed by atoms with E-state index in [2.05, 4.69) is 35.7 Å². The third-order valence-electron chi connectivity index (χ3n) is 3.52. The second kappa shape index (κ2) is 4.38. The normalized spacial score (nSPS) is 20.6. The minimum absolute atomic E-state index is 0.152. The first-order chi connectivity index (χ1) is 7.94. The third-order valence-corrected chi connectivity index (χ3v) is 4.66. The van der Waals surface area contributed by atoms with Crippen molar-refractivity contribution in [3.05, 3.63) is 10.6 Å².